The van der Waals surface area contributed by atoms with Gasteiger partial charge in [-0.25, -0.2) is 0 Å². The van der Waals surface area contributed by atoms with E-state index in [9.17, 15) is 4.79 Å². The molecule has 100 valence electrons. The van der Waals surface area contributed by atoms with Crippen molar-refractivity contribution in [1.29, 1.82) is 0 Å². The summed E-state index contributed by atoms with van der Waals surface area (Å²) in [5.41, 5.74) is 1.02. The number of carbonyl (C=O) groups is 1. The second-order valence-corrected chi connectivity index (χ2v) is 5.19. The highest BCUT2D eigenvalue weighted by Gasteiger charge is 2.44. The predicted octanol–water partition coefficient (Wildman–Crippen LogP) is 2.55. The predicted molar refractivity (Wildman–Crippen MR) is 70.0 cm³/mol. The van der Waals surface area contributed by atoms with Crippen molar-refractivity contribution in [2.75, 3.05) is 7.11 Å². The molecule has 1 fully saturated rings. The molecular formula is C13H19ClN2O2. The second-order valence-electron chi connectivity index (χ2n) is 4.81. The Hall–Kier alpha value is -0.870. The van der Waals surface area contributed by atoms with Gasteiger partial charge in [-0.3, -0.25) is 9.48 Å². The normalized spacial score (nSPS) is 17.6. The third kappa shape index (κ3) is 2.08. The summed E-state index contributed by atoms with van der Waals surface area (Å²) in [5.74, 6) is 0.118. The number of ketones is 1. The first-order chi connectivity index (χ1) is 8.54. The van der Waals surface area contributed by atoms with Gasteiger partial charge < -0.3 is 4.74 Å². The van der Waals surface area contributed by atoms with Gasteiger partial charge in [0.2, 0.25) is 0 Å². The molecule has 0 aromatic carbocycles. The lowest BCUT2D eigenvalue weighted by Crippen LogP contribution is -2.48. The minimum atomic E-state index is -0.569. The number of aryl methyl sites for hydroxylation is 2. The molecule has 1 aliphatic rings. The van der Waals surface area contributed by atoms with E-state index >= 15 is 0 Å². The van der Waals surface area contributed by atoms with E-state index in [1.165, 1.54) is 0 Å². The number of ether oxygens (including phenoxy) is 1. The van der Waals surface area contributed by atoms with Gasteiger partial charge in [0.15, 0.2) is 5.78 Å². The summed E-state index contributed by atoms with van der Waals surface area (Å²) in [6.45, 7) is 4.57. The summed E-state index contributed by atoms with van der Waals surface area (Å²) in [4.78, 5) is 12.4. The highest BCUT2D eigenvalue weighted by Crippen LogP contribution is 2.37. The molecule has 0 radical (unpaired) electrons. The third-order valence-electron chi connectivity index (χ3n) is 3.84. The van der Waals surface area contributed by atoms with Crippen molar-refractivity contribution in [3.63, 3.8) is 0 Å². The maximum absolute atomic E-state index is 12.4. The molecule has 1 aromatic heterocycles. The Morgan fingerprint density at radius 2 is 2.22 bits per heavy atom. The zero-order chi connectivity index (χ0) is 13.3. The molecule has 0 bridgehead atoms. The molecule has 0 aliphatic heterocycles. The van der Waals surface area contributed by atoms with Crippen LogP contribution < -0.4 is 0 Å². The lowest BCUT2D eigenvalue weighted by Gasteiger charge is -2.38. The van der Waals surface area contributed by atoms with Crippen LogP contribution in [0.15, 0.2) is 0 Å². The number of aromatic nitrogens is 2. The van der Waals surface area contributed by atoms with Crippen LogP contribution in [0.4, 0.5) is 0 Å². The van der Waals surface area contributed by atoms with Gasteiger partial charge in [-0.15, -0.1) is 0 Å². The smallest absolute Gasteiger partial charge is 0.170 e. The number of methoxy groups -OCH3 is 1. The first kappa shape index (κ1) is 13.6. The maximum atomic E-state index is 12.4. The molecule has 0 saturated heterocycles. The molecule has 0 spiro atoms. The molecule has 18 heavy (non-hydrogen) atoms. The van der Waals surface area contributed by atoms with Crippen molar-refractivity contribution < 1.29 is 9.53 Å². The number of hydrogen-bond acceptors (Lipinski definition) is 3. The average Bonchev–Trinajstić information content (AvgIpc) is 2.56. The van der Waals surface area contributed by atoms with Crippen molar-refractivity contribution in [1.82, 2.24) is 9.78 Å². The minimum Gasteiger partial charge on any atom is -0.370 e. The molecule has 0 N–H and O–H groups in total. The van der Waals surface area contributed by atoms with Crippen molar-refractivity contribution in [3.05, 3.63) is 16.4 Å². The Bertz CT molecular complexity index is 458. The van der Waals surface area contributed by atoms with Crippen molar-refractivity contribution in [2.24, 2.45) is 0 Å². The third-order valence-corrected chi connectivity index (χ3v) is 4.33. The highest BCUT2D eigenvalue weighted by molar-refractivity contribution is 6.32. The molecule has 1 saturated carbocycles. The first-order valence-corrected chi connectivity index (χ1v) is 6.72. The number of nitrogens with zero attached hydrogens (tertiary/aromatic N) is 2. The van der Waals surface area contributed by atoms with E-state index in [2.05, 4.69) is 5.10 Å². The average molecular weight is 271 g/mol. The molecule has 5 heteroatoms. The summed E-state index contributed by atoms with van der Waals surface area (Å²) in [7, 11) is 1.61. The van der Waals surface area contributed by atoms with Crippen LogP contribution in [-0.2, 0) is 22.5 Å². The SMILES string of the molecule is CCn1nc(C)c(Cl)c1CC(=O)C1(OC)CCC1. The van der Waals surface area contributed by atoms with Crippen LogP contribution >= 0.6 is 11.6 Å². The van der Waals surface area contributed by atoms with Crippen LogP contribution in [0.5, 0.6) is 0 Å². The summed E-state index contributed by atoms with van der Waals surface area (Å²) < 4.78 is 7.21. The molecule has 4 nitrogen and oxygen atoms in total. The van der Waals surface area contributed by atoms with Gasteiger partial charge in [-0.05, 0) is 33.1 Å². The number of carbonyl (C=O) groups excluding carboxylic acids is 1. The Kier molecular flexibility index (Phi) is 3.78. The van der Waals surface area contributed by atoms with Crippen LogP contribution in [-0.4, -0.2) is 28.3 Å². The number of rotatable bonds is 5. The fraction of sp³-hybridized carbons (Fsp3) is 0.692. The zero-order valence-corrected chi connectivity index (χ0v) is 11.9. The minimum absolute atomic E-state index is 0.118. The van der Waals surface area contributed by atoms with Gasteiger partial charge in [0.25, 0.3) is 0 Å². The van der Waals surface area contributed by atoms with Gasteiger partial charge >= 0.3 is 0 Å². The van der Waals surface area contributed by atoms with Crippen LogP contribution in [0.1, 0.15) is 37.6 Å². The topological polar surface area (TPSA) is 44.1 Å². The number of Topliss-reactive ketones (excluding diaryl/α,β-unsaturated/α-hetero) is 1. The van der Waals surface area contributed by atoms with E-state index in [4.69, 9.17) is 16.3 Å². The molecule has 0 unspecified atom stereocenters. The first-order valence-electron chi connectivity index (χ1n) is 6.34. The Morgan fingerprint density at radius 1 is 1.56 bits per heavy atom. The number of hydrogen-bond donors (Lipinski definition) is 0. The summed E-state index contributed by atoms with van der Waals surface area (Å²) in [6.07, 6.45) is 3.00. The fourth-order valence-electron chi connectivity index (χ4n) is 2.45. The summed E-state index contributed by atoms with van der Waals surface area (Å²) in [5, 5.41) is 4.93. The molecule has 0 amide bonds. The van der Waals surface area contributed by atoms with Crippen molar-refractivity contribution in [3.8, 4) is 0 Å². The second kappa shape index (κ2) is 5.02. The molecule has 1 aliphatic carbocycles. The van der Waals surface area contributed by atoms with Crippen LogP contribution in [0.2, 0.25) is 5.02 Å². The standard InChI is InChI=1S/C13H19ClN2O2/c1-4-16-10(12(14)9(2)15-16)8-11(17)13(18-3)6-5-7-13/h4-8H2,1-3H3. The van der Waals surface area contributed by atoms with Gasteiger partial charge in [-0.2, -0.15) is 5.10 Å². The van der Waals surface area contributed by atoms with E-state index in [1.54, 1.807) is 11.8 Å². The fourth-order valence-corrected chi connectivity index (χ4v) is 2.65. The maximum Gasteiger partial charge on any atom is 0.170 e. The van der Waals surface area contributed by atoms with E-state index in [0.29, 0.717) is 11.4 Å². The Labute approximate surface area is 112 Å². The zero-order valence-electron chi connectivity index (χ0n) is 11.1. The van der Waals surface area contributed by atoms with Gasteiger partial charge in [0, 0.05) is 13.7 Å². The van der Waals surface area contributed by atoms with E-state index in [-0.39, 0.29) is 5.78 Å². The molecule has 2 rings (SSSR count). The van der Waals surface area contributed by atoms with E-state index < -0.39 is 5.60 Å². The van der Waals surface area contributed by atoms with Crippen LogP contribution in [0.3, 0.4) is 0 Å². The molecule has 1 heterocycles. The van der Waals surface area contributed by atoms with E-state index in [0.717, 1.165) is 37.2 Å². The van der Waals surface area contributed by atoms with Crippen LogP contribution in [0.25, 0.3) is 0 Å². The van der Waals surface area contributed by atoms with Gasteiger partial charge in [0.05, 0.1) is 22.8 Å². The molecular weight excluding hydrogens is 252 g/mol. The number of halogens is 1. The lowest BCUT2D eigenvalue weighted by atomic mass is 9.75. The molecule has 1 aromatic rings. The Morgan fingerprint density at radius 3 is 2.67 bits per heavy atom. The molecule has 0 atom stereocenters. The van der Waals surface area contributed by atoms with Gasteiger partial charge in [-0.1, -0.05) is 11.6 Å². The monoisotopic (exact) mass is 270 g/mol. The van der Waals surface area contributed by atoms with Crippen LogP contribution in [0, 0.1) is 6.92 Å². The van der Waals surface area contributed by atoms with Crippen molar-refractivity contribution in [2.45, 2.75) is 51.7 Å². The van der Waals surface area contributed by atoms with Crippen molar-refractivity contribution >= 4 is 17.4 Å². The highest BCUT2D eigenvalue weighted by atomic mass is 35.5. The van der Waals surface area contributed by atoms with Gasteiger partial charge in [0.1, 0.15) is 5.60 Å². The summed E-state index contributed by atoms with van der Waals surface area (Å²) in [6, 6.07) is 0. The lowest BCUT2D eigenvalue weighted by molar-refractivity contribution is -0.151. The summed E-state index contributed by atoms with van der Waals surface area (Å²) >= 11 is 6.21. The largest absolute Gasteiger partial charge is 0.370 e. The Balaban J connectivity index is 2.21. The quantitative estimate of drug-likeness (QED) is 0.826. The van der Waals surface area contributed by atoms with E-state index in [1.807, 2.05) is 13.8 Å².